The fourth-order valence-electron chi connectivity index (χ4n) is 0. The Balaban J connectivity index is 0. The van der Waals surface area contributed by atoms with Gasteiger partial charge in [-0.1, -0.05) is 0 Å². The molecular formula is OSi3. The van der Waals surface area contributed by atoms with E-state index in [1.165, 1.54) is 0 Å². The van der Waals surface area contributed by atoms with Crippen molar-refractivity contribution in [3.8, 4) is 0 Å². The standard InChI is InChI=1S/OSi2.Si/c2-1-3;. The molecule has 0 aliphatic carbocycles. The van der Waals surface area contributed by atoms with Gasteiger partial charge in [-0.15, -0.1) is 0 Å². The Kier molecular flexibility index (Phi) is 20.9. The predicted octanol–water partition coefficient (Wildman–Crippen LogP) is -1.21. The van der Waals surface area contributed by atoms with Crippen LogP contribution in [0.2, 0.25) is 0 Å². The SMILES string of the molecule is [Si].[Si]O[Si]. The highest BCUT2D eigenvalue weighted by atomic mass is 28.3. The summed E-state index contributed by atoms with van der Waals surface area (Å²) in [4.78, 5) is 0. The minimum atomic E-state index is 0. The third-order valence-corrected chi connectivity index (χ3v) is 0. The molecule has 0 unspecified atom stereocenters. The zero-order valence-corrected chi connectivity index (χ0v) is 4.91. The van der Waals surface area contributed by atoms with Gasteiger partial charge in [0, 0.05) is 11.0 Å². The Hall–Kier alpha value is 0.611. The molecular weight excluding hydrogens is 100 g/mol. The van der Waals surface area contributed by atoms with Crippen LogP contribution in [0.15, 0.2) is 0 Å². The van der Waals surface area contributed by atoms with Crippen LogP contribution in [0.5, 0.6) is 0 Å². The molecule has 0 spiro atoms. The summed E-state index contributed by atoms with van der Waals surface area (Å²) in [6.07, 6.45) is 0. The van der Waals surface area contributed by atoms with Crippen LogP contribution >= 0.6 is 0 Å². The van der Waals surface area contributed by atoms with Gasteiger partial charge >= 0.3 is 0 Å². The zero-order valence-electron chi connectivity index (χ0n) is 1.91. The molecule has 0 amide bonds. The third kappa shape index (κ3) is 18.2. The largest absolute Gasteiger partial charge is 0.458 e. The van der Waals surface area contributed by atoms with Gasteiger partial charge in [-0.05, 0) is 0 Å². The fourth-order valence-corrected chi connectivity index (χ4v) is 0. The summed E-state index contributed by atoms with van der Waals surface area (Å²) < 4.78 is 3.86. The average molecular weight is 100 g/mol. The van der Waals surface area contributed by atoms with Crippen molar-refractivity contribution in [3.63, 3.8) is 0 Å². The van der Waals surface area contributed by atoms with Crippen LogP contribution in [0.1, 0.15) is 0 Å². The van der Waals surface area contributed by atoms with E-state index >= 15 is 0 Å². The lowest BCUT2D eigenvalue weighted by Gasteiger charge is -1.57. The quantitative estimate of drug-likeness (QED) is 0.347. The van der Waals surface area contributed by atoms with Crippen molar-refractivity contribution >= 4 is 31.9 Å². The van der Waals surface area contributed by atoms with Crippen LogP contribution in [-0.2, 0) is 4.12 Å². The highest BCUT2D eigenvalue weighted by molar-refractivity contribution is 6.15. The zero-order chi connectivity index (χ0) is 2.71. The smallest absolute Gasteiger partial charge is 0.229 e. The molecule has 0 rings (SSSR count). The van der Waals surface area contributed by atoms with Crippen LogP contribution in [-0.4, -0.2) is 31.9 Å². The topological polar surface area (TPSA) is 9.23 Å². The molecule has 0 N–H and O–H groups in total. The highest BCUT2D eigenvalue weighted by Crippen LogP contribution is 1.20. The molecule has 0 aliphatic rings. The van der Waals surface area contributed by atoms with Crippen molar-refractivity contribution < 1.29 is 4.12 Å². The normalized spacial score (nSPS) is 4.50. The molecule has 18 valence electrons. The van der Waals surface area contributed by atoms with Crippen LogP contribution < -0.4 is 0 Å². The van der Waals surface area contributed by atoms with Crippen LogP contribution in [0, 0.1) is 0 Å². The van der Waals surface area contributed by atoms with Crippen molar-refractivity contribution in [2.45, 2.75) is 0 Å². The van der Waals surface area contributed by atoms with Gasteiger partial charge in [0.25, 0.3) is 0 Å². The van der Waals surface area contributed by atoms with E-state index in [4.69, 9.17) is 0 Å². The minimum absolute atomic E-state index is 0. The second-order valence-corrected chi connectivity index (χ2v) is 0.919. The van der Waals surface area contributed by atoms with E-state index in [1.807, 2.05) is 0 Å². The van der Waals surface area contributed by atoms with E-state index < -0.39 is 0 Å². The lowest BCUT2D eigenvalue weighted by atomic mass is 15.8. The average Bonchev–Trinajstić information content (AvgIpc) is 0.918. The van der Waals surface area contributed by atoms with Gasteiger partial charge in [-0.2, -0.15) is 0 Å². The van der Waals surface area contributed by atoms with Crippen LogP contribution in [0.4, 0.5) is 0 Å². The van der Waals surface area contributed by atoms with Crippen molar-refractivity contribution in [1.29, 1.82) is 0 Å². The maximum absolute atomic E-state index is 3.86. The van der Waals surface area contributed by atoms with Crippen molar-refractivity contribution in [3.05, 3.63) is 0 Å². The minimum Gasteiger partial charge on any atom is -0.458 e. The monoisotopic (exact) mass is 99.9 g/mol. The molecule has 0 bridgehead atoms. The first kappa shape index (κ1) is 8.82. The van der Waals surface area contributed by atoms with Crippen molar-refractivity contribution in [1.82, 2.24) is 0 Å². The first-order chi connectivity index (χ1) is 1.41. The van der Waals surface area contributed by atoms with Gasteiger partial charge in [0.05, 0.1) is 0 Å². The second-order valence-electron chi connectivity index (χ2n) is 0.102. The summed E-state index contributed by atoms with van der Waals surface area (Å²) in [6, 6.07) is 0. The van der Waals surface area contributed by atoms with Gasteiger partial charge in [-0.3, -0.25) is 0 Å². The van der Waals surface area contributed by atoms with E-state index in [2.05, 4.69) is 25.1 Å². The Morgan fingerprint density at radius 1 is 1.25 bits per heavy atom. The van der Waals surface area contributed by atoms with E-state index in [-0.39, 0.29) is 11.0 Å². The Morgan fingerprint density at radius 2 is 1.25 bits per heavy atom. The van der Waals surface area contributed by atoms with E-state index in [0.29, 0.717) is 0 Å². The summed E-state index contributed by atoms with van der Waals surface area (Å²) in [5.41, 5.74) is 0. The molecule has 0 atom stereocenters. The van der Waals surface area contributed by atoms with Gasteiger partial charge in [0.15, 0.2) is 0 Å². The maximum atomic E-state index is 3.86. The summed E-state index contributed by atoms with van der Waals surface area (Å²) >= 11 is 0. The van der Waals surface area contributed by atoms with E-state index in [0.717, 1.165) is 0 Å². The molecule has 0 saturated carbocycles. The molecule has 0 aromatic rings. The summed E-state index contributed by atoms with van der Waals surface area (Å²) in [7, 11) is 5.19. The number of hydrogen-bond donors (Lipinski definition) is 0. The third-order valence-electron chi connectivity index (χ3n) is 0. The van der Waals surface area contributed by atoms with Crippen LogP contribution in [0.3, 0.4) is 0 Å². The Morgan fingerprint density at radius 3 is 1.25 bits per heavy atom. The molecule has 0 fully saturated rings. The lowest BCUT2D eigenvalue weighted by Crippen LogP contribution is -1.65. The summed E-state index contributed by atoms with van der Waals surface area (Å²) in [5.74, 6) is 0. The molecule has 0 aromatic heterocycles. The highest BCUT2D eigenvalue weighted by Gasteiger charge is 1.34. The van der Waals surface area contributed by atoms with Crippen molar-refractivity contribution in [2.75, 3.05) is 0 Å². The van der Waals surface area contributed by atoms with Gasteiger partial charge < -0.3 is 4.12 Å². The summed E-state index contributed by atoms with van der Waals surface area (Å²) in [5, 5.41) is 0. The van der Waals surface area contributed by atoms with Gasteiger partial charge in [0.1, 0.15) is 0 Å². The molecule has 4 heavy (non-hydrogen) atoms. The molecule has 10 radical (unpaired) electrons. The van der Waals surface area contributed by atoms with Gasteiger partial charge in [0.2, 0.25) is 21.0 Å². The fraction of sp³-hybridized carbons (Fsp3) is 0. The molecule has 0 aromatic carbocycles. The second kappa shape index (κ2) is 9.49. The van der Waals surface area contributed by atoms with Gasteiger partial charge in [-0.25, -0.2) is 0 Å². The Labute approximate surface area is 36.9 Å². The number of hydrogen-bond acceptors (Lipinski definition) is 1. The predicted molar refractivity (Wildman–Crippen MR) is 18.3 cm³/mol. The number of rotatable bonds is 0. The van der Waals surface area contributed by atoms with E-state index in [1.54, 1.807) is 0 Å². The first-order valence-electron chi connectivity index (χ1n) is 0.408. The Bertz CT molecular complexity index is 3.25. The molecule has 1 nitrogen and oxygen atoms in total. The molecule has 0 aliphatic heterocycles. The van der Waals surface area contributed by atoms with E-state index in [9.17, 15) is 0 Å². The molecule has 0 heterocycles. The van der Waals surface area contributed by atoms with Crippen LogP contribution in [0.25, 0.3) is 0 Å². The molecule has 4 heteroatoms. The maximum Gasteiger partial charge on any atom is 0.229 e. The lowest BCUT2D eigenvalue weighted by molar-refractivity contribution is 0.690. The first-order valence-corrected chi connectivity index (χ1v) is 1.22. The molecule has 0 saturated heterocycles. The van der Waals surface area contributed by atoms with Crippen molar-refractivity contribution in [2.24, 2.45) is 0 Å². The summed E-state index contributed by atoms with van der Waals surface area (Å²) in [6.45, 7) is 0.